The summed E-state index contributed by atoms with van der Waals surface area (Å²) in [6.07, 6.45) is 0. The number of nitrogens with zero attached hydrogens (tertiary/aromatic N) is 5. The molecule has 2 aromatic heterocycles. The fraction of sp³-hybridized carbons (Fsp3) is 0. The summed E-state index contributed by atoms with van der Waals surface area (Å²) in [6.45, 7) is -0.532. The highest BCUT2D eigenvalue weighted by Gasteiger charge is 2.49. The Morgan fingerprint density at radius 1 is 0.264 bits per heavy atom. The molecule has 0 unspecified atom stereocenters. The first-order chi connectivity index (χ1) is 52.6. The van der Waals surface area contributed by atoms with E-state index in [1.807, 2.05) is 22.7 Å². The van der Waals surface area contributed by atoms with Crippen LogP contribution in [-0.2, 0) is 0 Å². The molecule has 4 aliphatic rings. The number of benzene rings is 16. The molecule has 16 aromatic carbocycles. The molecular formula is C96H61B2N5OS2. The molecule has 0 amide bonds. The smallest absolute Gasteiger partial charge is 0.256 e. The molecule has 6 nitrogen and oxygen atoms in total. The number of ether oxygens (including phenoxy) is 1. The average molecular weight is 1390 g/mol. The Kier molecular flexibility index (Phi) is 13.8. The summed E-state index contributed by atoms with van der Waals surface area (Å²) in [7, 11) is 0. The van der Waals surface area contributed by atoms with Gasteiger partial charge < -0.3 is 29.2 Å². The highest BCUT2D eigenvalue weighted by atomic mass is 32.1. The lowest BCUT2D eigenvalue weighted by Crippen LogP contribution is -2.64. The molecule has 4 aliphatic heterocycles. The molecule has 0 bridgehead atoms. The molecular weight excluding hydrogens is 1320 g/mol. The highest BCUT2D eigenvalue weighted by Crippen LogP contribution is 2.56. The number of fused-ring (bicyclic) bond motifs is 14. The third-order valence-electron chi connectivity index (χ3n) is 22.0. The lowest BCUT2D eigenvalue weighted by molar-refractivity contribution is 0.487. The van der Waals surface area contributed by atoms with E-state index < -0.39 is 0 Å². The van der Waals surface area contributed by atoms with Gasteiger partial charge in [0.1, 0.15) is 11.5 Å². The zero-order valence-electron chi connectivity index (χ0n) is 57.3. The van der Waals surface area contributed by atoms with Crippen LogP contribution >= 0.6 is 22.7 Å². The van der Waals surface area contributed by atoms with Gasteiger partial charge in [-0.15, -0.1) is 22.7 Å². The molecule has 0 saturated carbocycles. The highest BCUT2D eigenvalue weighted by molar-refractivity contribution is 7.26. The third kappa shape index (κ3) is 9.31. The zero-order valence-corrected chi connectivity index (χ0v) is 59.0. The van der Waals surface area contributed by atoms with E-state index >= 15 is 0 Å². The van der Waals surface area contributed by atoms with Crippen molar-refractivity contribution < 1.29 is 4.74 Å². The van der Waals surface area contributed by atoms with Crippen molar-refractivity contribution in [3.8, 4) is 33.8 Å². The molecule has 0 radical (unpaired) electrons. The van der Waals surface area contributed by atoms with Crippen LogP contribution < -0.4 is 62.0 Å². The normalized spacial score (nSPS) is 12.9. The van der Waals surface area contributed by atoms with Crippen LogP contribution in [0, 0.1) is 0 Å². The minimum absolute atomic E-state index is 0.260. The second-order valence-corrected chi connectivity index (χ2v) is 29.9. The number of rotatable bonds is 11. The Balaban J connectivity index is 0.915. The van der Waals surface area contributed by atoms with Gasteiger partial charge in [0.2, 0.25) is 0 Å². The maximum atomic E-state index is 7.51. The Labute approximate surface area is 623 Å². The Morgan fingerprint density at radius 2 is 0.717 bits per heavy atom. The van der Waals surface area contributed by atoms with Gasteiger partial charge in [0.25, 0.3) is 13.4 Å². The van der Waals surface area contributed by atoms with E-state index in [0.29, 0.717) is 0 Å². The van der Waals surface area contributed by atoms with Crippen LogP contribution in [0.5, 0.6) is 11.5 Å². The van der Waals surface area contributed by atoms with Crippen molar-refractivity contribution in [3.05, 3.63) is 370 Å². The summed E-state index contributed by atoms with van der Waals surface area (Å²) >= 11 is 3.71. The minimum atomic E-state index is -0.272. The van der Waals surface area contributed by atoms with E-state index in [1.54, 1.807) is 0 Å². The maximum Gasteiger partial charge on any atom is 0.256 e. The van der Waals surface area contributed by atoms with E-state index in [0.717, 1.165) is 130 Å². The van der Waals surface area contributed by atoms with Crippen LogP contribution in [-0.4, -0.2) is 13.4 Å². The summed E-state index contributed by atoms with van der Waals surface area (Å²) in [5.74, 6) is 1.67. The van der Waals surface area contributed by atoms with E-state index in [4.69, 9.17) is 4.74 Å². The van der Waals surface area contributed by atoms with Crippen molar-refractivity contribution in [2.45, 2.75) is 0 Å². The van der Waals surface area contributed by atoms with Crippen LogP contribution in [0.15, 0.2) is 370 Å². The summed E-state index contributed by atoms with van der Waals surface area (Å²) in [6, 6.07) is 138. The van der Waals surface area contributed by atoms with Gasteiger partial charge in [-0.25, -0.2) is 0 Å². The average Bonchev–Trinajstić information content (AvgIpc) is 0.883. The van der Waals surface area contributed by atoms with Gasteiger partial charge in [-0.3, -0.25) is 0 Å². The quantitative estimate of drug-likeness (QED) is 0.120. The molecule has 494 valence electrons. The van der Waals surface area contributed by atoms with Crippen LogP contribution in [0.2, 0.25) is 0 Å². The first-order valence-corrected chi connectivity index (χ1v) is 37.9. The molecule has 22 rings (SSSR count). The first kappa shape index (κ1) is 60.5. The Bertz CT molecular complexity index is 6460. The number of hydrogen-bond donors (Lipinski definition) is 0. The second-order valence-electron chi connectivity index (χ2n) is 27.8. The molecule has 18 aromatic rings. The lowest BCUT2D eigenvalue weighted by Gasteiger charge is -2.47. The van der Waals surface area contributed by atoms with Gasteiger partial charge in [0, 0.05) is 114 Å². The van der Waals surface area contributed by atoms with Gasteiger partial charge in [-0.1, -0.05) is 243 Å². The van der Waals surface area contributed by atoms with Crippen LogP contribution in [0.3, 0.4) is 0 Å². The van der Waals surface area contributed by atoms with E-state index in [9.17, 15) is 0 Å². The van der Waals surface area contributed by atoms with Gasteiger partial charge in [0.15, 0.2) is 0 Å². The summed E-state index contributed by atoms with van der Waals surface area (Å²) < 4.78 is 12.5. The van der Waals surface area contributed by atoms with Crippen molar-refractivity contribution in [3.63, 3.8) is 0 Å². The molecule has 6 heterocycles. The number of hydrogen-bond acceptors (Lipinski definition) is 8. The van der Waals surface area contributed by atoms with E-state index in [1.165, 1.54) is 62.2 Å². The van der Waals surface area contributed by atoms with Gasteiger partial charge in [0.05, 0.1) is 28.4 Å². The molecule has 0 saturated heterocycles. The fourth-order valence-electron chi connectivity index (χ4n) is 17.7. The molecule has 0 fully saturated rings. The Hall–Kier alpha value is -13.1. The standard InChI is InChI=1S/C96H61B2N5OS2/c1-7-30-62(31-8-1)70-44-27-45-71(63-32-9-2-10-33-63)96(70)103-82-61-81-76(98-75-47-22-24-51-86(75)104-87-59-69(99(64-34-11-3-12-35-64)65-36-13-4-14-37-65)58-85(95(87)98)102(81)80-50-29-55-91-93(80)73-43-20-26-53-89(73)106-91)60-77(82)97-74-46-21-23-48-78(74)101(67-40-17-6-18-41-67)83-56-68(57-84(103)94(83)97)100(66-38-15-5-16-39-66)79-49-28-54-90-92(79)72-42-19-25-52-88(72)105-90/h1-61H. The SMILES string of the molecule is c1ccc(-c2cccc(-c3ccccc3)c2N2c3cc4c(cc3B3c5ccccc5N(c5ccccc5)c5cc(N(c6ccccc6)c6cccc7sc8ccccc8c67)cc2c53)B2c3ccccc3Oc3cc(N(c5ccccc5)c5ccccc5)cc(c32)N4c2cccc3sc4ccccc4c23)cc1. The van der Waals surface area contributed by atoms with E-state index in [-0.39, 0.29) is 13.4 Å². The predicted molar refractivity (Wildman–Crippen MR) is 452 cm³/mol. The summed E-state index contributed by atoms with van der Waals surface area (Å²) in [5.41, 5.74) is 27.6. The van der Waals surface area contributed by atoms with E-state index in [2.05, 4.69) is 395 Å². The lowest BCUT2D eigenvalue weighted by atomic mass is 9.30. The van der Waals surface area contributed by atoms with Gasteiger partial charge in [-0.2, -0.15) is 0 Å². The second kappa shape index (κ2) is 24.3. The van der Waals surface area contributed by atoms with Crippen molar-refractivity contribution >= 4 is 195 Å². The van der Waals surface area contributed by atoms with Crippen molar-refractivity contribution in [1.82, 2.24) is 0 Å². The zero-order chi connectivity index (χ0) is 69.5. The van der Waals surface area contributed by atoms with Crippen LogP contribution in [0.25, 0.3) is 62.6 Å². The molecule has 0 aliphatic carbocycles. The topological polar surface area (TPSA) is 25.4 Å². The van der Waals surface area contributed by atoms with Gasteiger partial charge >= 0.3 is 0 Å². The molecule has 0 N–H and O–H groups in total. The predicted octanol–water partition coefficient (Wildman–Crippen LogP) is 23.2. The third-order valence-corrected chi connectivity index (χ3v) is 24.3. The number of anilines is 15. The van der Waals surface area contributed by atoms with Crippen molar-refractivity contribution in [2.24, 2.45) is 0 Å². The van der Waals surface area contributed by atoms with Crippen LogP contribution in [0.1, 0.15) is 0 Å². The molecule has 0 atom stereocenters. The van der Waals surface area contributed by atoms with Crippen molar-refractivity contribution in [1.29, 1.82) is 0 Å². The monoisotopic (exact) mass is 1390 g/mol. The maximum absolute atomic E-state index is 7.51. The van der Waals surface area contributed by atoms with Crippen molar-refractivity contribution in [2.75, 3.05) is 24.5 Å². The fourth-order valence-corrected chi connectivity index (χ4v) is 19.9. The largest absolute Gasteiger partial charge is 0.458 e. The number of para-hydroxylation sites is 7. The minimum Gasteiger partial charge on any atom is -0.458 e. The molecule has 106 heavy (non-hydrogen) atoms. The van der Waals surface area contributed by atoms with Gasteiger partial charge in [-0.05, 0) is 165 Å². The first-order valence-electron chi connectivity index (χ1n) is 36.3. The Morgan fingerprint density at radius 3 is 1.36 bits per heavy atom. The molecule has 10 heteroatoms. The molecule has 0 spiro atoms. The summed E-state index contributed by atoms with van der Waals surface area (Å²) in [4.78, 5) is 12.8. The van der Waals surface area contributed by atoms with Crippen LogP contribution in [0.4, 0.5) is 85.3 Å². The number of thiophene rings is 2. The summed E-state index contributed by atoms with van der Waals surface area (Å²) in [5, 5.41) is 4.89.